The standard InChI is InChI=1S/C22H28N2O/c1-17(2)20-8-10-21(11-9-20)23-12-14-24(15-13-23)22(25)16-19-6-4-18(3)5-7-19/h4-11,17H,12-16H2,1-3H3. The molecular weight excluding hydrogens is 308 g/mol. The summed E-state index contributed by atoms with van der Waals surface area (Å²) in [6.07, 6.45) is 0.503. The van der Waals surface area contributed by atoms with E-state index in [0.29, 0.717) is 12.3 Å². The number of hydrogen-bond donors (Lipinski definition) is 0. The van der Waals surface area contributed by atoms with Crippen molar-refractivity contribution in [2.45, 2.75) is 33.1 Å². The monoisotopic (exact) mass is 336 g/mol. The molecule has 25 heavy (non-hydrogen) atoms. The lowest BCUT2D eigenvalue weighted by Gasteiger charge is -2.36. The molecule has 3 rings (SSSR count). The smallest absolute Gasteiger partial charge is 0.227 e. The van der Waals surface area contributed by atoms with E-state index in [1.54, 1.807) is 0 Å². The highest BCUT2D eigenvalue weighted by molar-refractivity contribution is 5.79. The van der Waals surface area contributed by atoms with E-state index in [0.717, 1.165) is 31.7 Å². The van der Waals surface area contributed by atoms with E-state index in [2.05, 4.69) is 74.2 Å². The number of carbonyl (C=O) groups excluding carboxylic acids is 1. The van der Waals surface area contributed by atoms with Crippen molar-refractivity contribution in [1.82, 2.24) is 4.90 Å². The van der Waals surface area contributed by atoms with Gasteiger partial charge < -0.3 is 9.80 Å². The average molecular weight is 336 g/mol. The molecule has 0 radical (unpaired) electrons. The molecule has 1 amide bonds. The number of hydrogen-bond acceptors (Lipinski definition) is 2. The van der Waals surface area contributed by atoms with Gasteiger partial charge in [0.05, 0.1) is 6.42 Å². The van der Waals surface area contributed by atoms with Crippen LogP contribution in [-0.4, -0.2) is 37.0 Å². The first kappa shape index (κ1) is 17.5. The highest BCUT2D eigenvalue weighted by Crippen LogP contribution is 2.21. The van der Waals surface area contributed by atoms with Gasteiger partial charge in [-0.2, -0.15) is 0 Å². The molecule has 3 nitrogen and oxygen atoms in total. The minimum atomic E-state index is 0.235. The molecule has 0 aliphatic carbocycles. The van der Waals surface area contributed by atoms with E-state index in [1.807, 2.05) is 4.90 Å². The van der Waals surface area contributed by atoms with E-state index in [4.69, 9.17) is 0 Å². The Kier molecular flexibility index (Phi) is 5.42. The van der Waals surface area contributed by atoms with Crippen LogP contribution in [0.3, 0.4) is 0 Å². The lowest BCUT2D eigenvalue weighted by Crippen LogP contribution is -2.49. The van der Waals surface area contributed by atoms with Crippen LogP contribution in [0.15, 0.2) is 48.5 Å². The summed E-state index contributed by atoms with van der Waals surface area (Å²) in [4.78, 5) is 16.9. The number of carbonyl (C=O) groups is 1. The molecule has 1 saturated heterocycles. The van der Waals surface area contributed by atoms with Gasteiger partial charge in [0.1, 0.15) is 0 Å². The molecule has 1 heterocycles. The number of piperazine rings is 1. The fraction of sp³-hybridized carbons (Fsp3) is 0.409. The predicted molar refractivity (Wildman–Crippen MR) is 104 cm³/mol. The summed E-state index contributed by atoms with van der Waals surface area (Å²) in [6.45, 7) is 9.91. The molecule has 2 aromatic rings. The summed E-state index contributed by atoms with van der Waals surface area (Å²) in [6, 6.07) is 17.1. The quantitative estimate of drug-likeness (QED) is 0.842. The van der Waals surface area contributed by atoms with Gasteiger partial charge in [0.25, 0.3) is 0 Å². The maximum Gasteiger partial charge on any atom is 0.227 e. The van der Waals surface area contributed by atoms with Gasteiger partial charge >= 0.3 is 0 Å². The minimum Gasteiger partial charge on any atom is -0.368 e. The zero-order valence-electron chi connectivity index (χ0n) is 15.5. The Morgan fingerprint density at radius 3 is 2.08 bits per heavy atom. The molecule has 1 aliphatic heterocycles. The van der Waals surface area contributed by atoms with Crippen molar-refractivity contribution < 1.29 is 4.79 Å². The molecule has 0 saturated carbocycles. The Morgan fingerprint density at radius 1 is 0.920 bits per heavy atom. The topological polar surface area (TPSA) is 23.6 Å². The summed E-state index contributed by atoms with van der Waals surface area (Å²) >= 11 is 0. The predicted octanol–water partition coefficient (Wildman–Crippen LogP) is 4.01. The number of nitrogens with zero attached hydrogens (tertiary/aromatic N) is 2. The third-order valence-electron chi connectivity index (χ3n) is 5.03. The van der Waals surface area contributed by atoms with Crippen molar-refractivity contribution >= 4 is 11.6 Å². The summed E-state index contributed by atoms with van der Waals surface area (Å²) in [5, 5.41) is 0. The van der Waals surface area contributed by atoms with Crippen LogP contribution in [0.2, 0.25) is 0 Å². The molecule has 1 aliphatic rings. The second kappa shape index (κ2) is 7.73. The number of amides is 1. The lowest BCUT2D eigenvalue weighted by atomic mass is 10.0. The first-order valence-electron chi connectivity index (χ1n) is 9.21. The van der Waals surface area contributed by atoms with Crippen LogP contribution in [0.4, 0.5) is 5.69 Å². The van der Waals surface area contributed by atoms with Crippen LogP contribution in [0.25, 0.3) is 0 Å². The van der Waals surface area contributed by atoms with Crippen LogP contribution < -0.4 is 4.90 Å². The van der Waals surface area contributed by atoms with Crippen molar-refractivity contribution in [3.8, 4) is 0 Å². The molecule has 3 heteroatoms. The molecule has 0 bridgehead atoms. The molecule has 0 atom stereocenters. The van der Waals surface area contributed by atoms with Crippen LogP contribution >= 0.6 is 0 Å². The Morgan fingerprint density at radius 2 is 1.52 bits per heavy atom. The molecule has 2 aromatic carbocycles. The van der Waals surface area contributed by atoms with Gasteiger partial charge in [-0.3, -0.25) is 4.79 Å². The highest BCUT2D eigenvalue weighted by atomic mass is 16.2. The van der Waals surface area contributed by atoms with Gasteiger partial charge in [-0.1, -0.05) is 55.8 Å². The third kappa shape index (κ3) is 4.41. The lowest BCUT2D eigenvalue weighted by molar-refractivity contribution is -0.130. The Labute approximate surface area is 151 Å². The van der Waals surface area contributed by atoms with Crippen molar-refractivity contribution in [3.05, 3.63) is 65.2 Å². The fourth-order valence-corrected chi connectivity index (χ4v) is 3.28. The van der Waals surface area contributed by atoms with E-state index in [-0.39, 0.29) is 5.91 Å². The van der Waals surface area contributed by atoms with E-state index in [9.17, 15) is 4.79 Å². The Bertz CT molecular complexity index is 696. The average Bonchev–Trinajstić information content (AvgIpc) is 2.64. The van der Waals surface area contributed by atoms with Crippen LogP contribution in [0, 0.1) is 6.92 Å². The van der Waals surface area contributed by atoms with Gasteiger partial charge in [-0.25, -0.2) is 0 Å². The van der Waals surface area contributed by atoms with Crippen molar-refractivity contribution in [2.24, 2.45) is 0 Å². The summed E-state index contributed by atoms with van der Waals surface area (Å²) in [5.41, 5.74) is 4.96. The molecule has 132 valence electrons. The summed E-state index contributed by atoms with van der Waals surface area (Å²) in [7, 11) is 0. The van der Waals surface area contributed by atoms with Crippen molar-refractivity contribution in [2.75, 3.05) is 31.1 Å². The number of benzene rings is 2. The molecular formula is C22H28N2O. The van der Waals surface area contributed by atoms with Gasteiger partial charge in [0.2, 0.25) is 5.91 Å². The molecule has 0 spiro atoms. The highest BCUT2D eigenvalue weighted by Gasteiger charge is 2.21. The van der Waals surface area contributed by atoms with Gasteiger partial charge in [-0.05, 0) is 36.1 Å². The van der Waals surface area contributed by atoms with Gasteiger partial charge in [0.15, 0.2) is 0 Å². The summed E-state index contributed by atoms with van der Waals surface area (Å²) < 4.78 is 0. The fourth-order valence-electron chi connectivity index (χ4n) is 3.28. The minimum absolute atomic E-state index is 0.235. The maximum atomic E-state index is 12.5. The SMILES string of the molecule is Cc1ccc(CC(=O)N2CCN(c3ccc(C(C)C)cc3)CC2)cc1. The maximum absolute atomic E-state index is 12.5. The molecule has 0 aromatic heterocycles. The number of rotatable bonds is 4. The Balaban J connectivity index is 1.54. The molecule has 1 fully saturated rings. The number of aryl methyl sites for hydroxylation is 1. The normalized spacial score (nSPS) is 14.9. The van der Waals surface area contributed by atoms with Crippen LogP contribution in [-0.2, 0) is 11.2 Å². The second-order valence-electron chi connectivity index (χ2n) is 7.28. The van der Waals surface area contributed by atoms with Crippen LogP contribution in [0.1, 0.15) is 36.5 Å². The third-order valence-corrected chi connectivity index (χ3v) is 5.03. The first-order chi connectivity index (χ1) is 12.0. The van der Waals surface area contributed by atoms with Crippen molar-refractivity contribution in [1.29, 1.82) is 0 Å². The van der Waals surface area contributed by atoms with E-state index in [1.165, 1.54) is 16.8 Å². The van der Waals surface area contributed by atoms with E-state index >= 15 is 0 Å². The van der Waals surface area contributed by atoms with Crippen molar-refractivity contribution in [3.63, 3.8) is 0 Å². The van der Waals surface area contributed by atoms with Crippen LogP contribution in [0.5, 0.6) is 0 Å². The van der Waals surface area contributed by atoms with E-state index < -0.39 is 0 Å². The van der Waals surface area contributed by atoms with Gasteiger partial charge in [0, 0.05) is 31.9 Å². The molecule has 0 N–H and O–H groups in total. The zero-order chi connectivity index (χ0) is 17.8. The number of anilines is 1. The summed E-state index contributed by atoms with van der Waals surface area (Å²) in [5.74, 6) is 0.795. The largest absolute Gasteiger partial charge is 0.368 e. The second-order valence-corrected chi connectivity index (χ2v) is 7.28. The van der Waals surface area contributed by atoms with Gasteiger partial charge in [-0.15, -0.1) is 0 Å². The zero-order valence-corrected chi connectivity index (χ0v) is 15.5. The molecule has 0 unspecified atom stereocenters. The first-order valence-corrected chi connectivity index (χ1v) is 9.21. The Hall–Kier alpha value is -2.29.